The minimum atomic E-state index is -0.424. The Labute approximate surface area is 102 Å². The first-order valence-corrected chi connectivity index (χ1v) is 5.28. The molecule has 0 N–H and O–H groups in total. The number of pyridine rings is 1. The van der Waals surface area contributed by atoms with Crippen LogP contribution in [0, 0.1) is 10.1 Å². The van der Waals surface area contributed by atoms with Crippen LogP contribution < -0.4 is 0 Å². The Bertz CT molecular complexity index is 722. The predicted octanol–water partition coefficient (Wildman–Crippen LogP) is 2.33. The lowest BCUT2D eigenvalue weighted by Gasteiger charge is -2.06. The minimum Gasteiger partial charge on any atom is -0.306 e. The molecule has 18 heavy (non-hydrogen) atoms. The first-order valence-electron chi connectivity index (χ1n) is 5.28. The molecule has 0 aliphatic rings. The van der Waals surface area contributed by atoms with Crippen molar-refractivity contribution in [1.29, 1.82) is 0 Å². The summed E-state index contributed by atoms with van der Waals surface area (Å²) in [6.45, 7) is 0. The molecule has 3 aromatic rings. The van der Waals surface area contributed by atoms with Crippen LogP contribution in [0.15, 0.2) is 49.2 Å². The second kappa shape index (κ2) is 3.92. The fourth-order valence-corrected chi connectivity index (χ4v) is 1.92. The Kier molecular flexibility index (Phi) is 2.26. The maximum Gasteiger partial charge on any atom is 0.295 e. The van der Waals surface area contributed by atoms with Crippen molar-refractivity contribution in [1.82, 2.24) is 14.5 Å². The number of benzene rings is 1. The number of fused-ring (bicyclic) bond motifs is 1. The van der Waals surface area contributed by atoms with Gasteiger partial charge in [0.25, 0.3) is 5.69 Å². The van der Waals surface area contributed by atoms with E-state index in [-0.39, 0.29) is 5.69 Å². The van der Waals surface area contributed by atoms with Gasteiger partial charge in [-0.3, -0.25) is 10.1 Å². The molecule has 0 aliphatic heterocycles. The lowest BCUT2D eigenvalue weighted by molar-refractivity contribution is -0.383. The third kappa shape index (κ3) is 1.51. The van der Waals surface area contributed by atoms with Crippen molar-refractivity contribution in [2.24, 2.45) is 0 Å². The Morgan fingerprint density at radius 2 is 2.11 bits per heavy atom. The summed E-state index contributed by atoms with van der Waals surface area (Å²) >= 11 is 0. The number of rotatable bonds is 2. The topological polar surface area (TPSA) is 73.8 Å². The Morgan fingerprint density at radius 3 is 2.83 bits per heavy atom. The molecular weight excluding hydrogens is 232 g/mol. The average molecular weight is 240 g/mol. The maximum absolute atomic E-state index is 11.0. The summed E-state index contributed by atoms with van der Waals surface area (Å²) in [6.07, 6.45) is 6.64. The van der Waals surface area contributed by atoms with Gasteiger partial charge in [-0.1, -0.05) is 0 Å². The van der Waals surface area contributed by atoms with Crippen LogP contribution in [0.25, 0.3) is 16.6 Å². The smallest absolute Gasteiger partial charge is 0.295 e. The normalized spacial score (nSPS) is 10.7. The van der Waals surface area contributed by atoms with Crippen LogP contribution in [0.4, 0.5) is 5.69 Å². The van der Waals surface area contributed by atoms with Crippen molar-refractivity contribution in [3.05, 3.63) is 59.3 Å². The highest BCUT2D eigenvalue weighted by molar-refractivity contribution is 5.93. The molecular formula is C12H8N4O2. The maximum atomic E-state index is 11.0. The molecule has 0 unspecified atom stereocenters. The fourth-order valence-electron chi connectivity index (χ4n) is 1.92. The van der Waals surface area contributed by atoms with Gasteiger partial charge in [0.15, 0.2) is 0 Å². The second-order valence-electron chi connectivity index (χ2n) is 3.73. The summed E-state index contributed by atoms with van der Waals surface area (Å²) in [5.74, 6) is 0. The van der Waals surface area contributed by atoms with E-state index in [1.807, 2.05) is 6.07 Å². The molecule has 0 saturated heterocycles. The van der Waals surface area contributed by atoms with Crippen molar-refractivity contribution >= 4 is 16.6 Å². The number of hydrogen-bond donors (Lipinski definition) is 0. The van der Waals surface area contributed by atoms with Crippen LogP contribution in [0.3, 0.4) is 0 Å². The lowest BCUT2D eigenvalue weighted by Crippen LogP contribution is -1.96. The van der Waals surface area contributed by atoms with E-state index in [2.05, 4.69) is 9.97 Å². The zero-order valence-corrected chi connectivity index (χ0v) is 9.22. The summed E-state index contributed by atoms with van der Waals surface area (Å²) in [7, 11) is 0. The van der Waals surface area contributed by atoms with Crippen molar-refractivity contribution in [2.75, 3.05) is 0 Å². The van der Waals surface area contributed by atoms with Crippen LogP contribution in [0.5, 0.6) is 0 Å². The molecule has 6 nitrogen and oxygen atoms in total. The van der Waals surface area contributed by atoms with Crippen molar-refractivity contribution in [3.8, 4) is 5.69 Å². The average Bonchev–Trinajstić information content (AvgIpc) is 2.91. The molecule has 0 aliphatic carbocycles. The minimum absolute atomic E-state index is 0.00876. The first-order chi connectivity index (χ1) is 8.77. The monoisotopic (exact) mass is 240 g/mol. The van der Waals surface area contributed by atoms with Gasteiger partial charge in [0, 0.05) is 30.0 Å². The van der Waals surface area contributed by atoms with E-state index >= 15 is 0 Å². The molecule has 1 aromatic carbocycles. The molecule has 3 rings (SSSR count). The number of non-ortho nitro benzene ring substituents is 1. The van der Waals surface area contributed by atoms with E-state index in [4.69, 9.17) is 0 Å². The fraction of sp³-hybridized carbons (Fsp3) is 0. The van der Waals surface area contributed by atoms with Gasteiger partial charge in [-0.2, -0.15) is 0 Å². The standard InChI is InChI=1S/C12H8N4O2/c17-16(18)11-4-3-10(15-7-6-13-8-15)9-2-1-5-14-12(9)11/h1-8H. The Morgan fingerprint density at radius 1 is 1.22 bits per heavy atom. The van der Waals surface area contributed by atoms with Gasteiger partial charge >= 0.3 is 0 Å². The van der Waals surface area contributed by atoms with Crippen molar-refractivity contribution in [3.63, 3.8) is 0 Å². The molecule has 88 valence electrons. The van der Waals surface area contributed by atoms with E-state index < -0.39 is 4.92 Å². The lowest BCUT2D eigenvalue weighted by atomic mass is 10.1. The highest BCUT2D eigenvalue weighted by Crippen LogP contribution is 2.28. The van der Waals surface area contributed by atoms with E-state index in [0.29, 0.717) is 5.52 Å². The number of imidazole rings is 1. The highest BCUT2D eigenvalue weighted by Gasteiger charge is 2.15. The van der Waals surface area contributed by atoms with Crippen molar-refractivity contribution < 1.29 is 4.92 Å². The third-order valence-electron chi connectivity index (χ3n) is 2.70. The molecule has 0 radical (unpaired) electrons. The first kappa shape index (κ1) is 10.4. The van der Waals surface area contributed by atoms with Crippen LogP contribution in [-0.2, 0) is 0 Å². The number of nitrogens with zero attached hydrogens (tertiary/aromatic N) is 4. The van der Waals surface area contributed by atoms with Crippen LogP contribution in [-0.4, -0.2) is 19.5 Å². The summed E-state index contributed by atoms with van der Waals surface area (Å²) in [5, 5.41) is 11.7. The van der Waals surface area contributed by atoms with E-state index in [0.717, 1.165) is 11.1 Å². The van der Waals surface area contributed by atoms with Gasteiger partial charge in [0.2, 0.25) is 0 Å². The van der Waals surface area contributed by atoms with Gasteiger partial charge < -0.3 is 4.57 Å². The quantitative estimate of drug-likeness (QED) is 0.509. The molecule has 2 aromatic heterocycles. The number of hydrogen-bond acceptors (Lipinski definition) is 4. The number of aromatic nitrogens is 3. The zero-order chi connectivity index (χ0) is 12.5. The van der Waals surface area contributed by atoms with Crippen molar-refractivity contribution in [2.45, 2.75) is 0 Å². The summed E-state index contributed by atoms with van der Waals surface area (Å²) in [6, 6.07) is 6.73. The zero-order valence-electron chi connectivity index (χ0n) is 9.22. The number of nitro benzene ring substituents is 1. The molecule has 0 spiro atoms. The third-order valence-corrected chi connectivity index (χ3v) is 2.70. The molecule has 0 atom stereocenters. The Balaban J connectivity index is 2.37. The molecule has 0 saturated carbocycles. The van der Waals surface area contributed by atoms with Crippen LogP contribution in [0.1, 0.15) is 0 Å². The van der Waals surface area contributed by atoms with Gasteiger partial charge in [-0.05, 0) is 18.2 Å². The predicted molar refractivity (Wildman–Crippen MR) is 65.5 cm³/mol. The second-order valence-corrected chi connectivity index (χ2v) is 3.73. The summed E-state index contributed by atoms with van der Waals surface area (Å²) < 4.78 is 1.80. The number of nitro groups is 1. The van der Waals surface area contributed by atoms with E-state index in [1.54, 1.807) is 41.6 Å². The van der Waals surface area contributed by atoms with E-state index in [1.165, 1.54) is 6.07 Å². The molecule has 0 bridgehead atoms. The van der Waals surface area contributed by atoms with Crippen LogP contribution >= 0.6 is 0 Å². The van der Waals surface area contributed by atoms with E-state index in [9.17, 15) is 10.1 Å². The SMILES string of the molecule is O=[N+]([O-])c1ccc(-n2ccnc2)c2cccnc12. The summed E-state index contributed by atoms with van der Waals surface area (Å²) in [4.78, 5) is 18.6. The van der Waals surface area contributed by atoms with Gasteiger partial charge in [0.05, 0.1) is 16.9 Å². The summed E-state index contributed by atoms with van der Waals surface area (Å²) in [5.41, 5.74) is 1.21. The van der Waals surface area contributed by atoms with Crippen LogP contribution in [0.2, 0.25) is 0 Å². The molecule has 0 amide bonds. The van der Waals surface area contributed by atoms with Gasteiger partial charge in [-0.15, -0.1) is 0 Å². The van der Waals surface area contributed by atoms with Gasteiger partial charge in [0.1, 0.15) is 5.52 Å². The largest absolute Gasteiger partial charge is 0.306 e. The molecule has 2 heterocycles. The molecule has 6 heteroatoms. The highest BCUT2D eigenvalue weighted by atomic mass is 16.6. The Hall–Kier alpha value is -2.76. The molecule has 0 fully saturated rings. The van der Waals surface area contributed by atoms with Gasteiger partial charge in [-0.25, -0.2) is 9.97 Å².